The van der Waals surface area contributed by atoms with Crippen LogP contribution >= 0.6 is 0 Å². The Labute approximate surface area is 158 Å². The quantitative estimate of drug-likeness (QED) is 0.445. The largest absolute Gasteiger partial charge is 0.368 e. The first kappa shape index (κ1) is 19.0. The summed E-state index contributed by atoms with van der Waals surface area (Å²) in [6, 6.07) is 7.20. The summed E-state index contributed by atoms with van der Waals surface area (Å²) in [7, 11) is 0. The zero-order valence-electron chi connectivity index (χ0n) is 14.6. The molecule has 0 saturated carbocycles. The minimum atomic E-state index is -0.746. The summed E-state index contributed by atoms with van der Waals surface area (Å²) in [5, 5.41) is 13.3. The van der Waals surface area contributed by atoms with Gasteiger partial charge in [-0.15, -0.1) is 0 Å². The zero-order valence-corrected chi connectivity index (χ0v) is 14.6. The van der Waals surface area contributed by atoms with E-state index in [0.717, 1.165) is 18.7 Å². The monoisotopic (exact) mass is 387 g/mol. The third kappa shape index (κ3) is 4.51. The number of nitro groups is 1. The van der Waals surface area contributed by atoms with Gasteiger partial charge in [-0.05, 0) is 31.0 Å². The zero-order chi connectivity index (χ0) is 20.1. The summed E-state index contributed by atoms with van der Waals surface area (Å²) in [6.07, 6.45) is 2.04. The molecule has 0 spiro atoms. The van der Waals surface area contributed by atoms with E-state index in [1.165, 1.54) is 12.1 Å². The molecule has 11 heteroatoms. The van der Waals surface area contributed by atoms with Gasteiger partial charge < -0.3 is 15.0 Å². The van der Waals surface area contributed by atoms with Gasteiger partial charge in [0.15, 0.2) is 0 Å². The second-order valence-electron chi connectivity index (χ2n) is 6.01. The summed E-state index contributed by atoms with van der Waals surface area (Å²) < 4.78 is 5.30. The molecule has 2 heterocycles. The van der Waals surface area contributed by atoms with Gasteiger partial charge in [-0.1, -0.05) is 6.07 Å². The highest BCUT2D eigenvalue weighted by Crippen LogP contribution is 2.16. The number of H-pyrrole nitrogens is 1. The van der Waals surface area contributed by atoms with Crippen LogP contribution in [0, 0.1) is 10.1 Å². The van der Waals surface area contributed by atoms with E-state index in [2.05, 4.69) is 21.2 Å². The van der Waals surface area contributed by atoms with Crippen LogP contribution in [-0.2, 0) is 9.53 Å². The summed E-state index contributed by atoms with van der Waals surface area (Å²) in [6.45, 7) is 0.546. The van der Waals surface area contributed by atoms with Crippen molar-refractivity contribution >= 4 is 29.1 Å². The van der Waals surface area contributed by atoms with E-state index in [9.17, 15) is 24.5 Å². The van der Waals surface area contributed by atoms with Crippen molar-refractivity contribution in [1.29, 1.82) is 0 Å². The Hall–Kier alpha value is -3.73. The number of ether oxygens (including phenoxy) is 1. The molecule has 146 valence electrons. The molecule has 0 aliphatic carbocycles. The summed E-state index contributed by atoms with van der Waals surface area (Å²) in [5.74, 6) is -1.65. The number of nitrogens with one attached hydrogen (secondary N) is 4. The van der Waals surface area contributed by atoms with Crippen molar-refractivity contribution in [2.75, 3.05) is 11.9 Å². The highest BCUT2D eigenvalue weighted by Gasteiger charge is 2.23. The van der Waals surface area contributed by atoms with E-state index in [4.69, 9.17) is 4.74 Å². The van der Waals surface area contributed by atoms with Gasteiger partial charge in [-0.3, -0.25) is 35.3 Å². The molecular formula is C17H17N5O6. The summed E-state index contributed by atoms with van der Waals surface area (Å²) >= 11 is 0. The van der Waals surface area contributed by atoms with Gasteiger partial charge in [-0.2, -0.15) is 0 Å². The molecule has 11 nitrogen and oxygen atoms in total. The number of hydrogen-bond donors (Lipinski definition) is 4. The van der Waals surface area contributed by atoms with Crippen LogP contribution in [0.5, 0.6) is 0 Å². The molecule has 4 N–H and O–H groups in total. The fourth-order valence-corrected chi connectivity index (χ4v) is 2.62. The predicted octanol–water partition coefficient (Wildman–Crippen LogP) is 1.12. The minimum Gasteiger partial charge on any atom is -0.368 e. The van der Waals surface area contributed by atoms with Crippen LogP contribution in [-0.4, -0.2) is 40.3 Å². The van der Waals surface area contributed by atoms with Crippen molar-refractivity contribution in [3.05, 3.63) is 57.9 Å². The SMILES string of the molecule is O=C(NNC(=O)c1cc([N+](=O)[O-])c[nH]1)c1cccc(NC(=O)C2CCCO2)c1. The maximum Gasteiger partial charge on any atom is 0.287 e. The molecule has 1 atom stereocenters. The third-order valence-corrected chi connectivity index (χ3v) is 4.03. The molecule has 28 heavy (non-hydrogen) atoms. The Morgan fingerprint density at radius 3 is 2.64 bits per heavy atom. The molecular weight excluding hydrogens is 370 g/mol. The third-order valence-electron chi connectivity index (χ3n) is 4.03. The number of nitrogens with zero attached hydrogens (tertiary/aromatic N) is 1. The van der Waals surface area contributed by atoms with Crippen molar-refractivity contribution in [3.63, 3.8) is 0 Å². The Balaban J connectivity index is 1.57. The number of anilines is 1. The molecule has 1 aliphatic rings. The molecule has 1 aliphatic heterocycles. The highest BCUT2D eigenvalue weighted by atomic mass is 16.6. The van der Waals surface area contributed by atoms with E-state index < -0.39 is 22.8 Å². The van der Waals surface area contributed by atoms with Crippen LogP contribution in [0.15, 0.2) is 36.5 Å². The lowest BCUT2D eigenvalue weighted by molar-refractivity contribution is -0.384. The molecule has 1 saturated heterocycles. The van der Waals surface area contributed by atoms with Gasteiger partial charge in [0, 0.05) is 23.9 Å². The van der Waals surface area contributed by atoms with Crippen molar-refractivity contribution in [3.8, 4) is 0 Å². The lowest BCUT2D eigenvalue weighted by Gasteiger charge is -2.11. The first-order valence-corrected chi connectivity index (χ1v) is 8.40. The van der Waals surface area contributed by atoms with Crippen molar-refractivity contribution in [2.45, 2.75) is 18.9 Å². The molecule has 3 rings (SSSR count). The lowest BCUT2D eigenvalue weighted by Crippen LogP contribution is -2.41. The topological polar surface area (TPSA) is 155 Å². The van der Waals surface area contributed by atoms with E-state index in [0.29, 0.717) is 18.7 Å². The van der Waals surface area contributed by atoms with Crippen LogP contribution in [0.3, 0.4) is 0 Å². The highest BCUT2D eigenvalue weighted by molar-refractivity contribution is 6.00. The van der Waals surface area contributed by atoms with Crippen LogP contribution in [0.4, 0.5) is 11.4 Å². The fraction of sp³-hybridized carbons (Fsp3) is 0.235. The number of amides is 3. The van der Waals surface area contributed by atoms with Gasteiger partial charge in [0.25, 0.3) is 23.4 Å². The maximum atomic E-state index is 12.2. The Bertz CT molecular complexity index is 918. The average Bonchev–Trinajstić information content (AvgIpc) is 3.38. The maximum absolute atomic E-state index is 12.2. The van der Waals surface area contributed by atoms with E-state index in [-0.39, 0.29) is 22.9 Å². The minimum absolute atomic E-state index is 0.0791. The van der Waals surface area contributed by atoms with Gasteiger partial charge in [0.05, 0.1) is 11.1 Å². The number of benzene rings is 1. The molecule has 0 radical (unpaired) electrons. The lowest BCUT2D eigenvalue weighted by atomic mass is 10.1. The van der Waals surface area contributed by atoms with Gasteiger partial charge in [0.1, 0.15) is 11.8 Å². The molecule has 3 amide bonds. The van der Waals surface area contributed by atoms with Crippen LogP contribution in [0.25, 0.3) is 0 Å². The van der Waals surface area contributed by atoms with Crippen LogP contribution < -0.4 is 16.2 Å². The standard InChI is InChI=1S/C17H17N5O6/c23-15(20-21-16(24)13-8-12(9-18-13)22(26)27)10-3-1-4-11(7-10)19-17(25)14-5-2-6-28-14/h1,3-4,7-9,14,18H,2,5-6H2,(H,19,25)(H,20,23)(H,21,24). The van der Waals surface area contributed by atoms with E-state index in [1.54, 1.807) is 12.1 Å². The number of rotatable bonds is 5. The molecule has 1 aromatic heterocycles. The van der Waals surface area contributed by atoms with Crippen molar-refractivity contribution in [1.82, 2.24) is 15.8 Å². The smallest absolute Gasteiger partial charge is 0.287 e. The molecule has 0 bridgehead atoms. The molecule has 1 unspecified atom stereocenters. The van der Waals surface area contributed by atoms with Crippen molar-refractivity contribution in [2.24, 2.45) is 0 Å². The summed E-state index contributed by atoms with van der Waals surface area (Å²) in [4.78, 5) is 48.6. The van der Waals surface area contributed by atoms with Gasteiger partial charge in [0.2, 0.25) is 0 Å². The van der Waals surface area contributed by atoms with Crippen LogP contribution in [0.2, 0.25) is 0 Å². The number of aromatic nitrogens is 1. The van der Waals surface area contributed by atoms with E-state index in [1.807, 2.05) is 0 Å². The molecule has 1 fully saturated rings. The fourth-order valence-electron chi connectivity index (χ4n) is 2.62. The Morgan fingerprint density at radius 1 is 1.18 bits per heavy atom. The Kier molecular flexibility index (Phi) is 5.65. The average molecular weight is 387 g/mol. The number of aromatic amines is 1. The van der Waals surface area contributed by atoms with Gasteiger partial charge in [-0.25, -0.2) is 0 Å². The number of hydrazine groups is 1. The Morgan fingerprint density at radius 2 is 1.96 bits per heavy atom. The molecule has 1 aromatic carbocycles. The first-order chi connectivity index (χ1) is 13.4. The van der Waals surface area contributed by atoms with Crippen molar-refractivity contribution < 1.29 is 24.0 Å². The first-order valence-electron chi connectivity index (χ1n) is 8.40. The second-order valence-corrected chi connectivity index (χ2v) is 6.01. The number of carbonyl (C=O) groups excluding carboxylic acids is 3. The number of hydrogen-bond acceptors (Lipinski definition) is 6. The predicted molar refractivity (Wildman–Crippen MR) is 96.4 cm³/mol. The van der Waals surface area contributed by atoms with Crippen LogP contribution in [0.1, 0.15) is 33.7 Å². The number of carbonyl (C=O) groups is 3. The van der Waals surface area contributed by atoms with E-state index >= 15 is 0 Å². The van der Waals surface area contributed by atoms with Gasteiger partial charge >= 0.3 is 0 Å². The normalized spacial score (nSPS) is 15.6. The summed E-state index contributed by atoms with van der Waals surface area (Å²) in [5.41, 5.74) is 4.62. The molecule has 2 aromatic rings. The second kappa shape index (κ2) is 8.31.